The van der Waals surface area contributed by atoms with Gasteiger partial charge in [-0.05, 0) is 37.1 Å². The highest BCUT2D eigenvalue weighted by Gasteiger charge is 2.23. The van der Waals surface area contributed by atoms with Gasteiger partial charge in [0.15, 0.2) is 0 Å². The summed E-state index contributed by atoms with van der Waals surface area (Å²) < 4.78 is 5.13. The van der Waals surface area contributed by atoms with Gasteiger partial charge in [0.05, 0.1) is 13.0 Å². The maximum Gasteiger partial charge on any atom is 0.227 e. The molecule has 1 amide bonds. The number of carbonyl (C=O) groups is 1. The molecular formula is C15H22N2O2. The quantitative estimate of drug-likeness (QED) is 0.897. The second-order valence-electron chi connectivity index (χ2n) is 5.09. The Hall–Kier alpha value is -1.55. The lowest BCUT2D eigenvalue weighted by Gasteiger charge is -2.27. The van der Waals surface area contributed by atoms with Gasteiger partial charge in [-0.2, -0.15) is 0 Å². The number of methoxy groups -OCH3 is 1. The average Bonchev–Trinajstić information content (AvgIpc) is 2.48. The summed E-state index contributed by atoms with van der Waals surface area (Å²) in [7, 11) is 3.53. The summed E-state index contributed by atoms with van der Waals surface area (Å²) in [5.74, 6) is 1.22. The second-order valence-corrected chi connectivity index (χ2v) is 5.09. The van der Waals surface area contributed by atoms with Gasteiger partial charge in [-0.15, -0.1) is 0 Å². The molecule has 0 bridgehead atoms. The number of hydrogen-bond donors (Lipinski definition) is 1. The lowest BCUT2D eigenvalue weighted by molar-refractivity contribution is -0.135. The molecular weight excluding hydrogens is 240 g/mol. The molecule has 4 heteroatoms. The molecule has 2 rings (SSSR count). The van der Waals surface area contributed by atoms with Gasteiger partial charge in [0.2, 0.25) is 5.91 Å². The van der Waals surface area contributed by atoms with Crippen LogP contribution in [0, 0.1) is 5.92 Å². The molecule has 1 aliphatic heterocycles. The van der Waals surface area contributed by atoms with Crippen LogP contribution in [-0.4, -0.2) is 38.1 Å². The minimum atomic E-state index is 0.136. The van der Waals surface area contributed by atoms with E-state index in [2.05, 4.69) is 5.32 Å². The fourth-order valence-electron chi connectivity index (χ4n) is 2.46. The number of nitrogens with zero attached hydrogens (tertiary/aromatic N) is 1. The molecule has 0 spiro atoms. The van der Waals surface area contributed by atoms with E-state index in [1.165, 1.54) is 0 Å². The number of hydrogen-bond acceptors (Lipinski definition) is 3. The summed E-state index contributed by atoms with van der Waals surface area (Å²) in [5, 5.41) is 3.29. The number of nitrogens with one attached hydrogen (secondary N) is 1. The number of carbonyl (C=O) groups excluding carboxylic acids is 1. The van der Waals surface area contributed by atoms with Crippen LogP contribution in [0.2, 0.25) is 0 Å². The summed E-state index contributed by atoms with van der Waals surface area (Å²) in [6.45, 7) is 2.50. The summed E-state index contributed by atoms with van der Waals surface area (Å²) in [6.07, 6.45) is 2.09. The van der Waals surface area contributed by atoms with Gasteiger partial charge in [0.25, 0.3) is 0 Å². The SMILES string of the molecule is COc1ccc(CN(C)C(=O)C2CCCNC2)cc1. The van der Waals surface area contributed by atoms with Crippen molar-refractivity contribution >= 4 is 5.91 Å². The number of ether oxygens (including phenoxy) is 1. The Morgan fingerprint density at radius 1 is 1.42 bits per heavy atom. The molecule has 0 aromatic heterocycles. The van der Waals surface area contributed by atoms with Crippen molar-refractivity contribution in [1.29, 1.82) is 0 Å². The molecule has 1 N–H and O–H groups in total. The van der Waals surface area contributed by atoms with Crippen molar-refractivity contribution < 1.29 is 9.53 Å². The Labute approximate surface area is 114 Å². The predicted octanol–water partition coefficient (Wildman–Crippen LogP) is 1.65. The topological polar surface area (TPSA) is 41.6 Å². The van der Waals surface area contributed by atoms with Crippen LogP contribution in [0.1, 0.15) is 18.4 Å². The fourth-order valence-corrected chi connectivity index (χ4v) is 2.46. The van der Waals surface area contributed by atoms with E-state index >= 15 is 0 Å². The van der Waals surface area contributed by atoms with Gasteiger partial charge in [0.1, 0.15) is 5.75 Å². The lowest BCUT2D eigenvalue weighted by atomic mass is 9.98. The minimum Gasteiger partial charge on any atom is -0.497 e. The van der Waals surface area contributed by atoms with Gasteiger partial charge in [-0.25, -0.2) is 0 Å². The molecule has 1 heterocycles. The third-order valence-corrected chi connectivity index (χ3v) is 3.60. The lowest BCUT2D eigenvalue weighted by Crippen LogP contribution is -2.41. The van der Waals surface area contributed by atoms with Crippen LogP contribution in [0.4, 0.5) is 0 Å². The van der Waals surface area contributed by atoms with Crippen molar-refractivity contribution in [1.82, 2.24) is 10.2 Å². The molecule has 1 atom stereocenters. The zero-order valence-corrected chi connectivity index (χ0v) is 11.7. The maximum atomic E-state index is 12.3. The van der Waals surface area contributed by atoms with E-state index in [1.807, 2.05) is 36.2 Å². The first kappa shape index (κ1) is 13.9. The molecule has 1 unspecified atom stereocenters. The molecule has 0 saturated carbocycles. The van der Waals surface area contributed by atoms with E-state index in [-0.39, 0.29) is 11.8 Å². The molecule has 104 valence electrons. The highest BCUT2D eigenvalue weighted by atomic mass is 16.5. The molecule has 19 heavy (non-hydrogen) atoms. The highest BCUT2D eigenvalue weighted by Crippen LogP contribution is 2.16. The van der Waals surface area contributed by atoms with Crippen LogP contribution >= 0.6 is 0 Å². The third kappa shape index (κ3) is 3.70. The average molecular weight is 262 g/mol. The van der Waals surface area contributed by atoms with Crippen molar-refractivity contribution in [3.63, 3.8) is 0 Å². The first-order valence-electron chi connectivity index (χ1n) is 6.79. The van der Waals surface area contributed by atoms with Crippen LogP contribution in [0.25, 0.3) is 0 Å². The fraction of sp³-hybridized carbons (Fsp3) is 0.533. The van der Waals surface area contributed by atoms with E-state index < -0.39 is 0 Å². The Kier molecular flexibility index (Phi) is 4.80. The van der Waals surface area contributed by atoms with Gasteiger partial charge < -0.3 is 15.0 Å². The number of piperidine rings is 1. The standard InChI is InChI=1S/C15H22N2O2/c1-17(15(18)13-4-3-9-16-10-13)11-12-5-7-14(19-2)8-6-12/h5-8,13,16H,3-4,9-11H2,1-2H3. The number of rotatable bonds is 4. The van der Waals surface area contributed by atoms with Crippen molar-refractivity contribution in [2.45, 2.75) is 19.4 Å². The largest absolute Gasteiger partial charge is 0.497 e. The van der Waals surface area contributed by atoms with Crippen LogP contribution < -0.4 is 10.1 Å². The van der Waals surface area contributed by atoms with Crippen LogP contribution in [0.5, 0.6) is 5.75 Å². The molecule has 1 saturated heterocycles. The van der Waals surface area contributed by atoms with Crippen LogP contribution in [0.3, 0.4) is 0 Å². The van der Waals surface area contributed by atoms with Crippen LogP contribution in [0.15, 0.2) is 24.3 Å². The Morgan fingerprint density at radius 2 is 2.16 bits per heavy atom. The Balaban J connectivity index is 1.91. The predicted molar refractivity (Wildman–Crippen MR) is 75.1 cm³/mol. The van der Waals surface area contributed by atoms with Crippen molar-refractivity contribution in [2.75, 3.05) is 27.2 Å². The van der Waals surface area contributed by atoms with E-state index in [1.54, 1.807) is 7.11 Å². The third-order valence-electron chi connectivity index (χ3n) is 3.60. The van der Waals surface area contributed by atoms with Gasteiger partial charge in [-0.3, -0.25) is 4.79 Å². The molecule has 4 nitrogen and oxygen atoms in total. The first-order valence-corrected chi connectivity index (χ1v) is 6.79. The van der Waals surface area contributed by atoms with E-state index in [0.29, 0.717) is 6.54 Å². The molecule has 1 fully saturated rings. The Bertz CT molecular complexity index is 411. The molecule has 1 aromatic rings. The molecule has 0 aliphatic carbocycles. The number of benzene rings is 1. The summed E-state index contributed by atoms with van der Waals surface area (Å²) >= 11 is 0. The van der Waals surface area contributed by atoms with E-state index in [4.69, 9.17) is 4.74 Å². The van der Waals surface area contributed by atoms with Gasteiger partial charge in [-0.1, -0.05) is 12.1 Å². The van der Waals surface area contributed by atoms with Crippen molar-refractivity contribution in [3.8, 4) is 5.75 Å². The summed E-state index contributed by atoms with van der Waals surface area (Å²) in [6, 6.07) is 7.86. The smallest absolute Gasteiger partial charge is 0.227 e. The summed E-state index contributed by atoms with van der Waals surface area (Å²) in [4.78, 5) is 14.1. The summed E-state index contributed by atoms with van der Waals surface area (Å²) in [5.41, 5.74) is 1.13. The first-order chi connectivity index (χ1) is 9.20. The van der Waals surface area contributed by atoms with Crippen LogP contribution in [-0.2, 0) is 11.3 Å². The zero-order valence-electron chi connectivity index (χ0n) is 11.7. The minimum absolute atomic E-state index is 0.136. The number of amides is 1. The highest BCUT2D eigenvalue weighted by molar-refractivity contribution is 5.78. The van der Waals surface area contributed by atoms with Crippen molar-refractivity contribution in [2.24, 2.45) is 5.92 Å². The van der Waals surface area contributed by atoms with Gasteiger partial charge >= 0.3 is 0 Å². The molecule has 1 aliphatic rings. The molecule has 0 radical (unpaired) electrons. The van der Waals surface area contributed by atoms with Crippen molar-refractivity contribution in [3.05, 3.63) is 29.8 Å². The normalized spacial score (nSPS) is 18.9. The van der Waals surface area contributed by atoms with E-state index in [0.717, 1.165) is 37.2 Å². The van der Waals surface area contributed by atoms with E-state index in [9.17, 15) is 4.79 Å². The molecule has 1 aromatic carbocycles. The maximum absolute atomic E-state index is 12.3. The van der Waals surface area contributed by atoms with Gasteiger partial charge in [0, 0.05) is 20.1 Å². The second kappa shape index (κ2) is 6.57. The zero-order chi connectivity index (χ0) is 13.7. The monoisotopic (exact) mass is 262 g/mol. The Morgan fingerprint density at radius 3 is 2.74 bits per heavy atom.